The van der Waals surface area contributed by atoms with E-state index < -0.39 is 0 Å². The van der Waals surface area contributed by atoms with Gasteiger partial charge in [-0.1, -0.05) is 6.08 Å². The van der Waals surface area contributed by atoms with Gasteiger partial charge in [-0.05, 0) is 55.0 Å². The van der Waals surface area contributed by atoms with Gasteiger partial charge in [-0.25, -0.2) is 0 Å². The van der Waals surface area contributed by atoms with Crippen molar-refractivity contribution < 1.29 is 4.79 Å². The molecule has 0 bridgehead atoms. The maximum atomic E-state index is 13.2. The predicted molar refractivity (Wildman–Crippen MR) is 119 cm³/mol. The lowest BCUT2D eigenvalue weighted by atomic mass is 9.92. The molecule has 1 saturated heterocycles. The molecule has 1 atom stereocenters. The summed E-state index contributed by atoms with van der Waals surface area (Å²) in [6.07, 6.45) is 12.6. The summed E-state index contributed by atoms with van der Waals surface area (Å²) >= 11 is 0. The van der Waals surface area contributed by atoms with Crippen LogP contribution in [0, 0.1) is 5.92 Å². The summed E-state index contributed by atoms with van der Waals surface area (Å²) in [5.74, 6) is 0.753. The predicted octanol–water partition coefficient (Wildman–Crippen LogP) is 2.87. The first-order chi connectivity index (χ1) is 14.8. The molecule has 0 aliphatic carbocycles. The summed E-state index contributed by atoms with van der Waals surface area (Å²) in [7, 11) is 0. The SMILES string of the molecule is O=C(C[C@@H]1CCCN(CC2=NC=CC2)C1)N1CCC2=C(C1)C(c1ccncc1)=NC2. The van der Waals surface area contributed by atoms with E-state index >= 15 is 0 Å². The van der Waals surface area contributed by atoms with E-state index in [2.05, 4.69) is 25.9 Å². The van der Waals surface area contributed by atoms with E-state index in [1.165, 1.54) is 23.3 Å². The fourth-order valence-corrected chi connectivity index (χ4v) is 5.08. The van der Waals surface area contributed by atoms with Gasteiger partial charge >= 0.3 is 0 Å². The topological polar surface area (TPSA) is 61.2 Å². The van der Waals surface area contributed by atoms with Crippen LogP contribution in [0.2, 0.25) is 0 Å². The summed E-state index contributed by atoms with van der Waals surface area (Å²) in [6, 6.07) is 4.02. The van der Waals surface area contributed by atoms with E-state index in [0.717, 1.165) is 63.3 Å². The highest BCUT2D eigenvalue weighted by Crippen LogP contribution is 2.29. The summed E-state index contributed by atoms with van der Waals surface area (Å²) in [5.41, 5.74) is 6.08. The average Bonchev–Trinajstić information content (AvgIpc) is 3.44. The zero-order chi connectivity index (χ0) is 20.3. The van der Waals surface area contributed by atoms with Crippen LogP contribution in [0.15, 0.2) is 57.9 Å². The first kappa shape index (κ1) is 19.4. The molecule has 5 heterocycles. The Morgan fingerprint density at radius 3 is 2.93 bits per heavy atom. The number of piperidine rings is 1. The second-order valence-corrected chi connectivity index (χ2v) is 8.78. The highest BCUT2D eigenvalue weighted by Gasteiger charge is 2.31. The molecule has 6 nitrogen and oxygen atoms in total. The number of hydrogen-bond donors (Lipinski definition) is 0. The van der Waals surface area contributed by atoms with Gasteiger partial charge in [0.25, 0.3) is 0 Å². The van der Waals surface area contributed by atoms with Gasteiger partial charge in [0.1, 0.15) is 0 Å². The average molecular weight is 404 g/mol. The molecule has 1 aromatic rings. The fraction of sp³-hybridized carbons (Fsp3) is 0.500. The Kier molecular flexibility index (Phi) is 5.58. The number of likely N-dealkylation sites (tertiary alicyclic amines) is 1. The number of aromatic nitrogens is 1. The van der Waals surface area contributed by atoms with Crippen LogP contribution in [0.3, 0.4) is 0 Å². The number of allylic oxidation sites excluding steroid dienone is 1. The molecule has 156 valence electrons. The lowest BCUT2D eigenvalue weighted by Crippen LogP contribution is -2.42. The Morgan fingerprint density at radius 1 is 1.20 bits per heavy atom. The molecule has 1 amide bonds. The molecule has 0 aromatic carbocycles. The normalized spacial score (nSPS) is 24.1. The number of carbonyl (C=O) groups excluding carboxylic acids is 1. The first-order valence-corrected chi connectivity index (χ1v) is 11.1. The highest BCUT2D eigenvalue weighted by molar-refractivity contribution is 6.15. The van der Waals surface area contributed by atoms with Crippen LogP contribution in [-0.2, 0) is 4.79 Å². The molecule has 6 heteroatoms. The molecular formula is C24H29N5O. The Balaban J connectivity index is 1.18. The van der Waals surface area contributed by atoms with Crippen LogP contribution in [0.1, 0.15) is 37.7 Å². The summed E-state index contributed by atoms with van der Waals surface area (Å²) in [4.78, 5) is 31.0. The third kappa shape index (κ3) is 4.15. The summed E-state index contributed by atoms with van der Waals surface area (Å²) < 4.78 is 0. The van der Waals surface area contributed by atoms with Crippen LogP contribution >= 0.6 is 0 Å². The van der Waals surface area contributed by atoms with Crippen molar-refractivity contribution in [2.75, 3.05) is 39.3 Å². The van der Waals surface area contributed by atoms with Crippen LogP contribution < -0.4 is 0 Å². The Hall–Kier alpha value is -2.60. The van der Waals surface area contributed by atoms with E-state index in [-0.39, 0.29) is 0 Å². The molecular weight excluding hydrogens is 374 g/mol. The fourth-order valence-electron chi connectivity index (χ4n) is 5.08. The molecule has 4 aliphatic rings. The first-order valence-electron chi connectivity index (χ1n) is 11.1. The largest absolute Gasteiger partial charge is 0.338 e. The Labute approximate surface area is 178 Å². The smallest absolute Gasteiger partial charge is 0.223 e. The Bertz CT molecular complexity index is 930. The van der Waals surface area contributed by atoms with Crippen LogP contribution in [-0.4, -0.2) is 71.4 Å². The van der Waals surface area contributed by atoms with E-state index in [1.54, 1.807) is 0 Å². The number of aliphatic imine (C=N–C) groups is 2. The van der Waals surface area contributed by atoms with Crippen molar-refractivity contribution in [1.29, 1.82) is 0 Å². The van der Waals surface area contributed by atoms with Crippen LogP contribution in [0.25, 0.3) is 0 Å². The number of nitrogens with zero attached hydrogens (tertiary/aromatic N) is 5. The molecule has 30 heavy (non-hydrogen) atoms. The molecule has 0 N–H and O–H groups in total. The van der Waals surface area contributed by atoms with Gasteiger partial charge in [0, 0.05) is 68.9 Å². The minimum absolute atomic E-state index is 0.300. The highest BCUT2D eigenvalue weighted by atomic mass is 16.2. The molecule has 1 fully saturated rings. The zero-order valence-electron chi connectivity index (χ0n) is 17.5. The lowest BCUT2D eigenvalue weighted by Gasteiger charge is -2.34. The van der Waals surface area contributed by atoms with Crippen molar-refractivity contribution in [1.82, 2.24) is 14.8 Å². The molecule has 5 rings (SSSR count). The standard InChI is InChI=1S/C24H29N5O/c30-23(13-18-3-2-11-28(15-18)16-21-4-1-8-26-21)29-12-7-20-14-27-24(22(20)17-29)19-5-9-25-10-6-19/h1,5-6,8-10,18H,2-4,7,11-17H2/t18-/m0/s1. The van der Waals surface area contributed by atoms with E-state index in [4.69, 9.17) is 4.99 Å². The third-order valence-electron chi connectivity index (χ3n) is 6.67. The van der Waals surface area contributed by atoms with Crippen molar-refractivity contribution in [2.24, 2.45) is 15.9 Å². The van der Waals surface area contributed by atoms with Crippen molar-refractivity contribution in [2.45, 2.75) is 32.1 Å². The van der Waals surface area contributed by atoms with E-state index in [9.17, 15) is 4.79 Å². The van der Waals surface area contributed by atoms with Crippen molar-refractivity contribution in [3.8, 4) is 0 Å². The number of hydrogen-bond acceptors (Lipinski definition) is 5. The van der Waals surface area contributed by atoms with E-state index in [0.29, 0.717) is 24.8 Å². The minimum atomic E-state index is 0.300. The molecule has 4 aliphatic heterocycles. The monoisotopic (exact) mass is 403 g/mol. The molecule has 0 radical (unpaired) electrons. The Morgan fingerprint density at radius 2 is 2.10 bits per heavy atom. The second kappa shape index (κ2) is 8.64. The number of pyridine rings is 1. The lowest BCUT2D eigenvalue weighted by molar-refractivity contribution is -0.132. The van der Waals surface area contributed by atoms with Crippen LogP contribution in [0.5, 0.6) is 0 Å². The molecule has 0 spiro atoms. The van der Waals surface area contributed by atoms with Crippen molar-refractivity contribution in [3.63, 3.8) is 0 Å². The minimum Gasteiger partial charge on any atom is -0.338 e. The second-order valence-electron chi connectivity index (χ2n) is 8.78. The van der Waals surface area contributed by atoms with Crippen molar-refractivity contribution >= 4 is 17.3 Å². The van der Waals surface area contributed by atoms with Gasteiger partial charge in [-0.3, -0.25) is 24.7 Å². The van der Waals surface area contributed by atoms with Gasteiger partial charge in [0.05, 0.1) is 12.3 Å². The maximum Gasteiger partial charge on any atom is 0.223 e. The van der Waals surface area contributed by atoms with Gasteiger partial charge in [0.15, 0.2) is 0 Å². The zero-order valence-corrected chi connectivity index (χ0v) is 17.5. The number of carbonyl (C=O) groups is 1. The molecule has 0 unspecified atom stereocenters. The van der Waals surface area contributed by atoms with E-state index in [1.807, 2.05) is 30.7 Å². The van der Waals surface area contributed by atoms with Gasteiger partial charge in [0.2, 0.25) is 5.91 Å². The van der Waals surface area contributed by atoms with Crippen LogP contribution in [0.4, 0.5) is 0 Å². The van der Waals surface area contributed by atoms with Gasteiger partial charge in [-0.15, -0.1) is 0 Å². The number of rotatable bonds is 5. The third-order valence-corrected chi connectivity index (χ3v) is 6.67. The van der Waals surface area contributed by atoms with Gasteiger partial charge in [-0.2, -0.15) is 0 Å². The summed E-state index contributed by atoms with van der Waals surface area (Å²) in [5, 5.41) is 0. The molecule has 0 saturated carbocycles. The maximum absolute atomic E-state index is 13.2. The van der Waals surface area contributed by atoms with Gasteiger partial charge < -0.3 is 4.90 Å². The summed E-state index contributed by atoms with van der Waals surface area (Å²) in [6.45, 7) is 5.39. The molecule has 1 aromatic heterocycles. The quantitative estimate of drug-likeness (QED) is 0.760. The number of amides is 1. The van der Waals surface area contributed by atoms with Crippen molar-refractivity contribution in [3.05, 3.63) is 53.5 Å².